The van der Waals surface area contributed by atoms with Crippen LogP contribution >= 0.6 is 0 Å². The van der Waals surface area contributed by atoms with E-state index in [-0.39, 0.29) is 23.3 Å². The maximum Gasteiger partial charge on any atom is 0.236 e. The summed E-state index contributed by atoms with van der Waals surface area (Å²) >= 11 is 0. The molecule has 8 nitrogen and oxygen atoms in total. The number of fused-ring (bicyclic) bond motifs is 1. The largest absolute Gasteiger partial charge is 0.493 e. The predicted molar refractivity (Wildman–Crippen MR) is 136 cm³/mol. The van der Waals surface area contributed by atoms with Gasteiger partial charge in [-0.2, -0.15) is 0 Å². The number of hydrogen-bond acceptors (Lipinski definition) is 7. The van der Waals surface area contributed by atoms with Gasteiger partial charge in [0.2, 0.25) is 5.91 Å². The summed E-state index contributed by atoms with van der Waals surface area (Å²) in [5.41, 5.74) is 0.776. The number of rotatable bonds is 6. The van der Waals surface area contributed by atoms with Gasteiger partial charge in [-0.15, -0.1) is 0 Å². The quantitative estimate of drug-likeness (QED) is 0.524. The zero-order valence-electron chi connectivity index (χ0n) is 21.3. The summed E-state index contributed by atoms with van der Waals surface area (Å²) in [6.07, 6.45) is 4.97. The summed E-state index contributed by atoms with van der Waals surface area (Å²) in [7, 11) is 3.42. The number of hydrogen-bond donors (Lipinski definition) is 1. The summed E-state index contributed by atoms with van der Waals surface area (Å²) in [5, 5.41) is 3.52. The third-order valence-corrected chi connectivity index (χ3v) is 7.33. The molecule has 2 aliphatic rings. The fraction of sp³-hybridized carbons (Fsp3) is 0.444. The van der Waals surface area contributed by atoms with Gasteiger partial charge in [0.25, 0.3) is 0 Å². The van der Waals surface area contributed by atoms with Gasteiger partial charge in [-0.3, -0.25) is 9.69 Å². The van der Waals surface area contributed by atoms with E-state index in [2.05, 4.69) is 20.2 Å². The van der Waals surface area contributed by atoms with Crippen LogP contribution in [0.25, 0.3) is 10.9 Å². The van der Waals surface area contributed by atoms with Gasteiger partial charge in [-0.1, -0.05) is 0 Å². The van der Waals surface area contributed by atoms with Crippen LogP contribution in [0.3, 0.4) is 0 Å². The fourth-order valence-corrected chi connectivity index (χ4v) is 5.16. The average molecular weight is 512 g/mol. The molecule has 3 aromatic rings. The standard InChI is InChI=1S/C27H31F2N5O3/c1-16-10-17(28)11-22(26(16)29)32-27-20-12-24(23(36-3)13-21(20)30-15-31-27)37-19-6-4-18(5-7-19)34-9-8-33(2)25(35)14-34/h10-13,15,18-19H,4-9,14H2,1-3H3,(H,30,31,32). The van der Waals surface area contributed by atoms with E-state index in [1.807, 2.05) is 7.05 Å². The first-order valence-corrected chi connectivity index (χ1v) is 12.5. The second-order valence-electron chi connectivity index (χ2n) is 9.79. The SMILES string of the molecule is COc1cc2ncnc(Nc3cc(F)cc(C)c3F)c2cc1OC1CCC(N2CCN(C)C(=O)C2)CC1. The molecule has 2 aromatic carbocycles. The zero-order chi connectivity index (χ0) is 26.1. The van der Waals surface area contributed by atoms with Crippen molar-refractivity contribution >= 4 is 28.3 Å². The monoisotopic (exact) mass is 511 g/mol. The minimum Gasteiger partial charge on any atom is -0.493 e. The third-order valence-electron chi connectivity index (χ3n) is 7.33. The number of ether oxygens (including phenoxy) is 2. The number of aryl methyl sites for hydroxylation is 1. The Morgan fingerprint density at radius 1 is 1.03 bits per heavy atom. The van der Waals surface area contributed by atoms with Crippen molar-refractivity contribution in [3.63, 3.8) is 0 Å². The van der Waals surface area contributed by atoms with Gasteiger partial charge >= 0.3 is 0 Å². The number of benzene rings is 2. The molecular weight excluding hydrogens is 480 g/mol. The minimum absolute atomic E-state index is 0.00324. The molecule has 2 fully saturated rings. The molecule has 1 aliphatic carbocycles. The Kier molecular flexibility index (Phi) is 7.10. The molecule has 1 saturated heterocycles. The van der Waals surface area contributed by atoms with Crippen LogP contribution in [0.15, 0.2) is 30.6 Å². The lowest BCUT2D eigenvalue weighted by Gasteiger charge is -2.40. The maximum absolute atomic E-state index is 14.6. The second-order valence-corrected chi connectivity index (χ2v) is 9.79. The number of nitrogens with zero attached hydrogens (tertiary/aromatic N) is 4. The number of aromatic nitrogens is 2. The highest BCUT2D eigenvalue weighted by atomic mass is 19.1. The number of methoxy groups -OCH3 is 1. The number of anilines is 2. The Hall–Kier alpha value is -3.53. The Morgan fingerprint density at radius 3 is 2.54 bits per heavy atom. The van der Waals surface area contributed by atoms with E-state index in [1.165, 1.54) is 13.3 Å². The molecule has 0 radical (unpaired) electrons. The average Bonchev–Trinajstić information content (AvgIpc) is 2.89. The highest BCUT2D eigenvalue weighted by molar-refractivity contribution is 5.93. The summed E-state index contributed by atoms with van der Waals surface area (Å²) in [5.74, 6) is 0.507. The Bertz CT molecular complexity index is 1310. The molecule has 0 bridgehead atoms. The molecule has 0 atom stereocenters. The lowest BCUT2D eigenvalue weighted by atomic mass is 9.91. The van der Waals surface area contributed by atoms with Crippen molar-refractivity contribution < 1.29 is 23.0 Å². The molecule has 1 saturated carbocycles. The van der Waals surface area contributed by atoms with Crippen LogP contribution in [0, 0.1) is 18.6 Å². The van der Waals surface area contributed by atoms with Crippen molar-refractivity contribution in [2.24, 2.45) is 0 Å². The topological polar surface area (TPSA) is 79.8 Å². The van der Waals surface area contributed by atoms with Gasteiger partial charge in [0.1, 0.15) is 23.8 Å². The normalized spacial score (nSPS) is 20.8. The molecule has 1 amide bonds. The lowest BCUT2D eigenvalue weighted by Crippen LogP contribution is -2.53. The van der Waals surface area contributed by atoms with Gasteiger partial charge in [-0.05, 0) is 50.3 Å². The number of likely N-dealkylation sites (N-methyl/N-ethyl adjacent to an activating group) is 1. The van der Waals surface area contributed by atoms with Crippen molar-refractivity contribution in [3.05, 3.63) is 47.8 Å². The Labute approximate surface area is 214 Å². The highest BCUT2D eigenvalue weighted by Gasteiger charge is 2.31. The van der Waals surface area contributed by atoms with Crippen molar-refractivity contribution in [1.82, 2.24) is 19.8 Å². The number of carbonyl (C=O) groups is 1. The molecule has 37 heavy (non-hydrogen) atoms. The molecule has 196 valence electrons. The van der Waals surface area contributed by atoms with Gasteiger partial charge in [0.05, 0.1) is 31.0 Å². The van der Waals surface area contributed by atoms with Crippen molar-refractivity contribution in [2.75, 3.05) is 39.1 Å². The summed E-state index contributed by atoms with van der Waals surface area (Å²) in [4.78, 5) is 24.8. The zero-order valence-corrected chi connectivity index (χ0v) is 21.3. The van der Waals surface area contributed by atoms with Crippen molar-refractivity contribution in [1.29, 1.82) is 0 Å². The second kappa shape index (κ2) is 10.5. The summed E-state index contributed by atoms with van der Waals surface area (Å²) in [6.45, 7) is 3.65. The van der Waals surface area contributed by atoms with Crippen LogP contribution in [0.1, 0.15) is 31.2 Å². The Balaban J connectivity index is 1.34. The van der Waals surface area contributed by atoms with Crippen molar-refractivity contribution in [3.8, 4) is 11.5 Å². The first kappa shape index (κ1) is 25.1. The van der Waals surface area contributed by atoms with Crippen LogP contribution < -0.4 is 14.8 Å². The molecule has 1 N–H and O–H groups in total. The first-order chi connectivity index (χ1) is 17.8. The van der Waals surface area contributed by atoms with Crippen LogP contribution in [0.4, 0.5) is 20.3 Å². The van der Waals surface area contributed by atoms with E-state index < -0.39 is 11.6 Å². The van der Waals surface area contributed by atoms with E-state index in [9.17, 15) is 13.6 Å². The van der Waals surface area contributed by atoms with E-state index in [0.717, 1.165) is 50.9 Å². The molecular formula is C27H31F2N5O3. The van der Waals surface area contributed by atoms with E-state index >= 15 is 0 Å². The van der Waals surface area contributed by atoms with E-state index in [0.29, 0.717) is 40.8 Å². The highest BCUT2D eigenvalue weighted by Crippen LogP contribution is 2.37. The first-order valence-electron chi connectivity index (χ1n) is 12.5. The summed E-state index contributed by atoms with van der Waals surface area (Å²) < 4.78 is 40.5. The van der Waals surface area contributed by atoms with E-state index in [4.69, 9.17) is 9.47 Å². The molecule has 1 aromatic heterocycles. The predicted octanol–water partition coefficient (Wildman–Crippen LogP) is 4.43. The van der Waals surface area contributed by atoms with Crippen LogP contribution in [-0.2, 0) is 4.79 Å². The number of nitrogens with one attached hydrogen (secondary N) is 1. The van der Waals surface area contributed by atoms with Crippen molar-refractivity contribution in [2.45, 2.75) is 44.8 Å². The van der Waals surface area contributed by atoms with E-state index in [1.54, 1.807) is 24.1 Å². The molecule has 10 heteroatoms. The molecule has 1 aliphatic heterocycles. The van der Waals surface area contributed by atoms with Gasteiger partial charge in [0.15, 0.2) is 11.5 Å². The van der Waals surface area contributed by atoms with Crippen LogP contribution in [-0.4, -0.2) is 71.6 Å². The lowest BCUT2D eigenvalue weighted by molar-refractivity contribution is -0.135. The third kappa shape index (κ3) is 5.29. The number of piperazine rings is 1. The number of amides is 1. The molecule has 0 spiro atoms. The minimum atomic E-state index is -0.544. The molecule has 5 rings (SSSR count). The molecule has 2 heterocycles. The fourth-order valence-electron chi connectivity index (χ4n) is 5.16. The van der Waals surface area contributed by atoms with Gasteiger partial charge in [0, 0.05) is 43.7 Å². The summed E-state index contributed by atoms with van der Waals surface area (Å²) in [6, 6.07) is 6.16. The Morgan fingerprint density at radius 2 is 1.81 bits per heavy atom. The number of halogens is 2. The van der Waals surface area contributed by atoms with Gasteiger partial charge in [-0.25, -0.2) is 18.7 Å². The smallest absolute Gasteiger partial charge is 0.236 e. The van der Waals surface area contributed by atoms with Crippen LogP contribution in [0.5, 0.6) is 11.5 Å². The van der Waals surface area contributed by atoms with Crippen LogP contribution in [0.2, 0.25) is 0 Å². The maximum atomic E-state index is 14.6. The number of carbonyl (C=O) groups excluding carboxylic acids is 1. The molecule has 0 unspecified atom stereocenters. The van der Waals surface area contributed by atoms with Gasteiger partial charge < -0.3 is 19.7 Å².